The van der Waals surface area contributed by atoms with Crippen molar-refractivity contribution < 1.29 is 23.9 Å². The Balaban J connectivity index is 2.50. The lowest BCUT2D eigenvalue weighted by Gasteiger charge is -2.37. The summed E-state index contributed by atoms with van der Waals surface area (Å²) in [6.07, 6.45) is -1.32. The van der Waals surface area contributed by atoms with Crippen molar-refractivity contribution in [1.29, 1.82) is 0 Å². The van der Waals surface area contributed by atoms with Gasteiger partial charge < -0.3 is 26.0 Å². The number of carbonyl (C=O) groups is 4. The molecule has 0 heterocycles. The lowest BCUT2D eigenvalue weighted by Crippen LogP contribution is -2.56. The number of nitrogens with one attached hydrogen (secondary N) is 2. The molecule has 2 atom stereocenters. The van der Waals surface area contributed by atoms with E-state index < -0.39 is 54.0 Å². The van der Waals surface area contributed by atoms with Gasteiger partial charge >= 0.3 is 6.09 Å². The number of primary amides is 1. The number of hydrogen-bond donors (Lipinski definition) is 3. The maximum atomic E-state index is 14.0. The fourth-order valence-electron chi connectivity index (χ4n) is 4.14. The Morgan fingerprint density at radius 2 is 1.63 bits per heavy atom. The molecule has 4 N–H and O–H groups in total. The smallest absolute Gasteiger partial charge is 0.408 e. The van der Waals surface area contributed by atoms with Gasteiger partial charge in [0.1, 0.15) is 17.7 Å². The van der Waals surface area contributed by atoms with E-state index in [1.54, 1.807) is 34.6 Å². The summed E-state index contributed by atoms with van der Waals surface area (Å²) in [6, 6.07) is 12.3. The van der Waals surface area contributed by atoms with E-state index in [1.165, 1.54) is 4.90 Å². The van der Waals surface area contributed by atoms with E-state index in [0.29, 0.717) is 5.56 Å². The highest BCUT2D eigenvalue weighted by Gasteiger charge is 2.38. The molecule has 0 bridgehead atoms. The fraction of sp³-hybridized carbons (Fsp3) is 0.448. The Hall–Kier alpha value is -3.88. The van der Waals surface area contributed by atoms with Crippen molar-refractivity contribution in [2.24, 2.45) is 5.73 Å². The SMILES string of the molecule is Cc1ccc(C(C(=O)NCc2ccccc2)N(C(=O)C(CC(N)=O)NC(=O)OC(C)(C)C)C(C)C)c(C)c1. The Bertz CT molecular complexity index is 1140. The summed E-state index contributed by atoms with van der Waals surface area (Å²) in [7, 11) is 0. The topological polar surface area (TPSA) is 131 Å². The standard InChI is InChI=1S/C29H40N4O5/c1-18(2)33(27(36)23(16-24(30)34)32-28(37)38-29(5,6)7)25(22-14-13-19(3)15-20(22)4)26(35)31-17-21-11-9-8-10-12-21/h8-15,18,23,25H,16-17H2,1-7H3,(H2,30,34)(H,31,35)(H,32,37). The van der Waals surface area contributed by atoms with Crippen molar-refractivity contribution in [3.63, 3.8) is 0 Å². The van der Waals surface area contributed by atoms with Crippen LogP contribution in [0.3, 0.4) is 0 Å². The zero-order valence-corrected chi connectivity index (χ0v) is 23.3. The summed E-state index contributed by atoms with van der Waals surface area (Å²) in [6.45, 7) is 12.7. The molecule has 206 valence electrons. The summed E-state index contributed by atoms with van der Waals surface area (Å²) in [5, 5.41) is 5.43. The number of amides is 4. The minimum atomic E-state index is -1.32. The molecule has 0 radical (unpaired) electrons. The number of nitrogens with two attached hydrogens (primary N) is 1. The Kier molecular flexibility index (Phi) is 10.4. The first-order valence-electron chi connectivity index (χ1n) is 12.7. The highest BCUT2D eigenvalue weighted by Crippen LogP contribution is 2.28. The number of carbonyl (C=O) groups excluding carboxylic acids is 4. The van der Waals surface area contributed by atoms with Crippen LogP contribution in [0, 0.1) is 13.8 Å². The van der Waals surface area contributed by atoms with E-state index in [2.05, 4.69) is 10.6 Å². The molecule has 0 aliphatic carbocycles. The van der Waals surface area contributed by atoms with Crippen LogP contribution in [0.1, 0.15) is 69.3 Å². The summed E-state index contributed by atoms with van der Waals surface area (Å²) >= 11 is 0. The molecule has 38 heavy (non-hydrogen) atoms. The number of alkyl carbamates (subject to hydrolysis) is 1. The van der Waals surface area contributed by atoms with Gasteiger partial charge in [0.2, 0.25) is 17.7 Å². The van der Waals surface area contributed by atoms with Crippen molar-refractivity contribution in [2.75, 3.05) is 0 Å². The van der Waals surface area contributed by atoms with E-state index in [9.17, 15) is 19.2 Å². The van der Waals surface area contributed by atoms with E-state index >= 15 is 0 Å². The van der Waals surface area contributed by atoms with E-state index in [-0.39, 0.29) is 6.54 Å². The van der Waals surface area contributed by atoms with Gasteiger partial charge in [-0.3, -0.25) is 14.4 Å². The second-order valence-corrected chi connectivity index (χ2v) is 10.7. The first kappa shape index (κ1) is 30.3. The zero-order valence-electron chi connectivity index (χ0n) is 23.3. The number of aryl methyl sites for hydroxylation is 2. The van der Waals surface area contributed by atoms with E-state index in [0.717, 1.165) is 16.7 Å². The fourth-order valence-corrected chi connectivity index (χ4v) is 4.14. The number of ether oxygens (including phenoxy) is 1. The summed E-state index contributed by atoms with van der Waals surface area (Å²) in [4.78, 5) is 53.5. The minimum Gasteiger partial charge on any atom is -0.444 e. The lowest BCUT2D eigenvalue weighted by atomic mass is 9.95. The van der Waals surface area contributed by atoms with Crippen LogP contribution in [0.25, 0.3) is 0 Å². The predicted octanol–water partition coefficient (Wildman–Crippen LogP) is 3.67. The second kappa shape index (κ2) is 13.1. The Labute approximate surface area is 225 Å². The molecule has 9 heteroatoms. The van der Waals surface area contributed by atoms with Crippen molar-refractivity contribution in [1.82, 2.24) is 15.5 Å². The minimum absolute atomic E-state index is 0.266. The van der Waals surface area contributed by atoms with Gasteiger partial charge in [-0.1, -0.05) is 54.1 Å². The largest absolute Gasteiger partial charge is 0.444 e. The van der Waals surface area contributed by atoms with Crippen molar-refractivity contribution in [2.45, 2.75) is 85.2 Å². The third kappa shape index (κ3) is 8.90. The van der Waals surface area contributed by atoms with Crippen LogP contribution >= 0.6 is 0 Å². The van der Waals surface area contributed by atoms with Gasteiger partial charge in [0.15, 0.2) is 0 Å². The average molecular weight is 525 g/mol. The first-order chi connectivity index (χ1) is 17.7. The molecule has 0 aliphatic rings. The normalized spacial score (nSPS) is 12.8. The lowest BCUT2D eigenvalue weighted by molar-refractivity contribution is -0.145. The van der Waals surface area contributed by atoms with Gasteiger partial charge in [-0.15, -0.1) is 0 Å². The first-order valence-corrected chi connectivity index (χ1v) is 12.7. The average Bonchev–Trinajstić information content (AvgIpc) is 2.79. The van der Waals surface area contributed by atoms with Crippen LogP contribution in [0.5, 0.6) is 0 Å². The van der Waals surface area contributed by atoms with Crippen LogP contribution in [0.4, 0.5) is 4.79 Å². The molecular weight excluding hydrogens is 484 g/mol. The maximum Gasteiger partial charge on any atom is 0.408 e. The molecule has 2 aromatic rings. The Morgan fingerprint density at radius 3 is 2.16 bits per heavy atom. The number of nitrogens with zero attached hydrogens (tertiary/aromatic N) is 1. The van der Waals surface area contributed by atoms with Crippen LogP contribution < -0.4 is 16.4 Å². The molecule has 2 aromatic carbocycles. The summed E-state index contributed by atoms with van der Waals surface area (Å²) in [5.41, 5.74) is 7.99. The van der Waals surface area contributed by atoms with Gasteiger partial charge in [0.25, 0.3) is 0 Å². The molecule has 0 spiro atoms. The number of rotatable bonds is 10. The third-order valence-electron chi connectivity index (χ3n) is 5.76. The number of benzene rings is 2. The van der Waals surface area contributed by atoms with Crippen LogP contribution in [0.2, 0.25) is 0 Å². The van der Waals surface area contributed by atoms with Crippen molar-refractivity contribution in [3.05, 3.63) is 70.8 Å². The van der Waals surface area contributed by atoms with Gasteiger partial charge in [-0.2, -0.15) is 0 Å². The zero-order chi connectivity index (χ0) is 28.6. The molecule has 0 saturated carbocycles. The van der Waals surface area contributed by atoms with Gasteiger partial charge in [0.05, 0.1) is 6.42 Å². The monoisotopic (exact) mass is 524 g/mol. The van der Waals surface area contributed by atoms with Crippen molar-refractivity contribution in [3.8, 4) is 0 Å². The molecule has 0 aromatic heterocycles. The molecule has 9 nitrogen and oxygen atoms in total. The molecule has 0 fully saturated rings. The number of hydrogen-bond acceptors (Lipinski definition) is 5. The highest BCUT2D eigenvalue weighted by atomic mass is 16.6. The second-order valence-electron chi connectivity index (χ2n) is 10.7. The molecule has 4 amide bonds. The summed E-state index contributed by atoms with van der Waals surface area (Å²) in [5.74, 6) is -1.79. The van der Waals surface area contributed by atoms with Crippen LogP contribution in [0.15, 0.2) is 48.5 Å². The van der Waals surface area contributed by atoms with Crippen molar-refractivity contribution >= 4 is 23.8 Å². The maximum absolute atomic E-state index is 14.0. The van der Waals surface area contributed by atoms with Crippen LogP contribution in [-0.2, 0) is 25.7 Å². The molecule has 0 saturated heterocycles. The van der Waals surface area contributed by atoms with Gasteiger partial charge in [-0.25, -0.2) is 4.79 Å². The van der Waals surface area contributed by atoms with Gasteiger partial charge in [0, 0.05) is 12.6 Å². The third-order valence-corrected chi connectivity index (χ3v) is 5.76. The van der Waals surface area contributed by atoms with E-state index in [4.69, 9.17) is 10.5 Å². The van der Waals surface area contributed by atoms with E-state index in [1.807, 2.05) is 62.4 Å². The molecular formula is C29H40N4O5. The Morgan fingerprint density at radius 1 is 1.00 bits per heavy atom. The molecule has 2 rings (SSSR count). The highest BCUT2D eigenvalue weighted by molar-refractivity contribution is 5.94. The molecule has 0 aliphatic heterocycles. The quantitative estimate of drug-likeness (QED) is 0.437. The predicted molar refractivity (Wildman–Crippen MR) is 146 cm³/mol. The van der Waals surface area contributed by atoms with Gasteiger partial charge in [-0.05, 0) is 65.2 Å². The van der Waals surface area contributed by atoms with Crippen LogP contribution in [-0.4, -0.2) is 46.4 Å². The molecule has 2 unspecified atom stereocenters. The summed E-state index contributed by atoms with van der Waals surface area (Å²) < 4.78 is 5.30.